The van der Waals surface area contributed by atoms with Crippen LogP contribution in [0.1, 0.15) is 5.56 Å². The molecule has 0 aliphatic carbocycles. The van der Waals surface area contributed by atoms with E-state index in [4.69, 9.17) is 16.3 Å². The molecule has 6 heteroatoms. The predicted octanol–water partition coefficient (Wildman–Crippen LogP) is 1.07. The Bertz CT molecular complexity index is 488. The van der Waals surface area contributed by atoms with E-state index in [1.54, 1.807) is 31.2 Å². The molecule has 0 fully saturated rings. The summed E-state index contributed by atoms with van der Waals surface area (Å²) in [6.07, 6.45) is 0. The van der Waals surface area contributed by atoms with Crippen LogP contribution in [0.15, 0.2) is 23.3 Å². The highest BCUT2D eigenvalue weighted by atomic mass is 35.5. The van der Waals surface area contributed by atoms with Crippen LogP contribution in [0.25, 0.3) is 0 Å². The van der Waals surface area contributed by atoms with Gasteiger partial charge in [-0.3, -0.25) is 4.79 Å². The van der Waals surface area contributed by atoms with Crippen molar-refractivity contribution in [3.63, 3.8) is 0 Å². The van der Waals surface area contributed by atoms with Gasteiger partial charge in [0.15, 0.2) is 5.84 Å². The Morgan fingerprint density at radius 2 is 2.29 bits per heavy atom. The first kappa shape index (κ1) is 11.7. The monoisotopic (exact) mass is 253 g/mol. The van der Waals surface area contributed by atoms with Gasteiger partial charge >= 0.3 is 0 Å². The van der Waals surface area contributed by atoms with Gasteiger partial charge in [-0.1, -0.05) is 11.6 Å². The Morgan fingerprint density at radius 3 is 2.88 bits per heavy atom. The van der Waals surface area contributed by atoms with Crippen LogP contribution in [0.4, 0.5) is 0 Å². The molecule has 0 saturated carbocycles. The molecule has 1 aromatic rings. The van der Waals surface area contributed by atoms with Crippen molar-refractivity contribution in [3.05, 3.63) is 28.8 Å². The van der Waals surface area contributed by atoms with E-state index in [-0.39, 0.29) is 12.5 Å². The van der Waals surface area contributed by atoms with E-state index in [0.29, 0.717) is 16.6 Å². The molecule has 1 aliphatic heterocycles. The van der Waals surface area contributed by atoms with Crippen LogP contribution in [0.5, 0.6) is 5.75 Å². The molecular formula is C11H12ClN3O2. The molecule has 1 aromatic carbocycles. The van der Waals surface area contributed by atoms with Crippen molar-refractivity contribution in [2.24, 2.45) is 5.10 Å². The number of methoxy groups -OCH3 is 1. The molecule has 1 amide bonds. The quantitative estimate of drug-likeness (QED) is 0.858. The summed E-state index contributed by atoms with van der Waals surface area (Å²) in [6.45, 7) is 0.280. The average molecular weight is 254 g/mol. The van der Waals surface area contributed by atoms with Gasteiger partial charge < -0.3 is 9.64 Å². The van der Waals surface area contributed by atoms with Crippen molar-refractivity contribution in [2.75, 3.05) is 20.7 Å². The van der Waals surface area contributed by atoms with Crippen molar-refractivity contribution >= 4 is 23.3 Å². The number of halogens is 1. The fourth-order valence-electron chi connectivity index (χ4n) is 1.62. The highest BCUT2D eigenvalue weighted by Crippen LogP contribution is 2.25. The Hall–Kier alpha value is -1.75. The Labute approximate surface area is 104 Å². The lowest BCUT2D eigenvalue weighted by molar-refractivity contribution is -0.121. The number of benzene rings is 1. The summed E-state index contributed by atoms with van der Waals surface area (Å²) < 4.78 is 5.08. The van der Waals surface area contributed by atoms with Crippen LogP contribution < -0.4 is 10.2 Å². The van der Waals surface area contributed by atoms with E-state index < -0.39 is 0 Å². The Balaban J connectivity index is 2.34. The van der Waals surface area contributed by atoms with Crippen LogP contribution in [0, 0.1) is 0 Å². The Morgan fingerprint density at radius 1 is 1.53 bits per heavy atom. The van der Waals surface area contributed by atoms with E-state index in [9.17, 15) is 4.79 Å². The van der Waals surface area contributed by atoms with Crippen LogP contribution in [-0.4, -0.2) is 37.3 Å². The first-order chi connectivity index (χ1) is 8.11. The number of nitrogens with zero attached hydrogens (tertiary/aromatic N) is 2. The number of carbonyl (C=O) groups is 1. The maximum Gasteiger partial charge on any atom is 0.259 e. The van der Waals surface area contributed by atoms with Crippen molar-refractivity contribution in [3.8, 4) is 5.75 Å². The number of amidine groups is 1. The molecule has 0 spiro atoms. The summed E-state index contributed by atoms with van der Waals surface area (Å²) in [5, 5.41) is 4.51. The lowest BCUT2D eigenvalue weighted by Gasteiger charge is -2.24. The molecule has 0 bridgehead atoms. The zero-order valence-corrected chi connectivity index (χ0v) is 10.3. The molecule has 0 saturated heterocycles. The van der Waals surface area contributed by atoms with Gasteiger partial charge in [0.05, 0.1) is 18.7 Å². The molecule has 17 heavy (non-hydrogen) atoms. The lowest BCUT2D eigenvalue weighted by atomic mass is 10.2. The number of amides is 1. The molecule has 0 radical (unpaired) electrons. The molecule has 0 unspecified atom stereocenters. The minimum Gasteiger partial charge on any atom is -0.495 e. The molecule has 0 aromatic heterocycles. The van der Waals surface area contributed by atoms with Gasteiger partial charge in [-0.05, 0) is 18.2 Å². The van der Waals surface area contributed by atoms with E-state index >= 15 is 0 Å². The highest BCUT2D eigenvalue weighted by molar-refractivity contribution is 6.32. The second-order valence-electron chi connectivity index (χ2n) is 3.68. The van der Waals surface area contributed by atoms with E-state index in [1.807, 2.05) is 6.07 Å². The fraction of sp³-hybridized carbons (Fsp3) is 0.273. The molecule has 1 N–H and O–H groups in total. The van der Waals surface area contributed by atoms with Gasteiger partial charge in [-0.2, -0.15) is 5.10 Å². The molecule has 1 aliphatic rings. The second-order valence-corrected chi connectivity index (χ2v) is 4.08. The number of hydrogen-bond donors (Lipinski definition) is 1. The predicted molar refractivity (Wildman–Crippen MR) is 65.3 cm³/mol. The SMILES string of the molecule is COc1ccc(C2=NNC(=O)CN2C)cc1Cl. The second kappa shape index (κ2) is 4.63. The molecule has 0 atom stereocenters. The third kappa shape index (κ3) is 2.34. The zero-order chi connectivity index (χ0) is 12.4. The summed E-state index contributed by atoms with van der Waals surface area (Å²) in [6, 6.07) is 5.37. The number of hydrogen-bond acceptors (Lipinski definition) is 4. The van der Waals surface area contributed by atoms with Gasteiger partial charge in [-0.25, -0.2) is 5.43 Å². The van der Waals surface area contributed by atoms with Crippen molar-refractivity contribution in [2.45, 2.75) is 0 Å². The normalized spacial score (nSPS) is 15.4. The van der Waals surface area contributed by atoms with Gasteiger partial charge in [0.25, 0.3) is 5.91 Å². The maximum absolute atomic E-state index is 11.1. The third-order valence-corrected chi connectivity index (χ3v) is 2.73. The van der Waals surface area contributed by atoms with Crippen molar-refractivity contribution in [1.82, 2.24) is 10.3 Å². The third-order valence-electron chi connectivity index (χ3n) is 2.44. The molecule has 1 heterocycles. The van der Waals surface area contributed by atoms with Gasteiger partial charge in [0.1, 0.15) is 5.75 Å². The van der Waals surface area contributed by atoms with Gasteiger partial charge in [0, 0.05) is 12.6 Å². The average Bonchev–Trinajstić information content (AvgIpc) is 2.29. The first-order valence-corrected chi connectivity index (χ1v) is 5.41. The van der Waals surface area contributed by atoms with Crippen molar-refractivity contribution in [1.29, 1.82) is 0 Å². The van der Waals surface area contributed by atoms with E-state index in [0.717, 1.165) is 5.56 Å². The number of ether oxygens (including phenoxy) is 1. The standard InChI is InChI=1S/C11H12ClN3O2/c1-15-6-10(16)13-14-11(15)7-3-4-9(17-2)8(12)5-7/h3-5H,6H2,1-2H3,(H,13,16). The van der Waals surface area contributed by atoms with Gasteiger partial charge in [-0.15, -0.1) is 0 Å². The zero-order valence-electron chi connectivity index (χ0n) is 9.53. The minimum atomic E-state index is -0.129. The smallest absolute Gasteiger partial charge is 0.259 e. The largest absolute Gasteiger partial charge is 0.495 e. The minimum absolute atomic E-state index is 0.129. The number of carbonyl (C=O) groups excluding carboxylic acids is 1. The molecule has 5 nitrogen and oxygen atoms in total. The van der Waals surface area contributed by atoms with Gasteiger partial charge in [0.2, 0.25) is 0 Å². The maximum atomic E-state index is 11.1. The fourth-order valence-corrected chi connectivity index (χ4v) is 1.87. The lowest BCUT2D eigenvalue weighted by Crippen LogP contribution is -2.43. The van der Waals surface area contributed by atoms with Crippen molar-refractivity contribution < 1.29 is 9.53 Å². The molecular weight excluding hydrogens is 242 g/mol. The highest BCUT2D eigenvalue weighted by Gasteiger charge is 2.19. The topological polar surface area (TPSA) is 53.9 Å². The summed E-state index contributed by atoms with van der Waals surface area (Å²) in [7, 11) is 3.36. The summed E-state index contributed by atoms with van der Waals surface area (Å²) in [5.74, 6) is 1.16. The van der Waals surface area contributed by atoms with E-state index in [2.05, 4.69) is 10.5 Å². The first-order valence-electron chi connectivity index (χ1n) is 5.03. The number of likely N-dealkylation sites (N-methyl/N-ethyl adjacent to an activating group) is 1. The van der Waals surface area contributed by atoms with Crippen LogP contribution in [0.3, 0.4) is 0 Å². The summed E-state index contributed by atoms with van der Waals surface area (Å²) in [5.41, 5.74) is 3.27. The van der Waals surface area contributed by atoms with Crippen LogP contribution >= 0.6 is 11.6 Å². The molecule has 90 valence electrons. The number of rotatable bonds is 2. The Kier molecular flexibility index (Phi) is 3.19. The van der Waals surface area contributed by atoms with Crippen LogP contribution in [-0.2, 0) is 4.79 Å². The van der Waals surface area contributed by atoms with Crippen LogP contribution in [0.2, 0.25) is 5.02 Å². The molecule has 2 rings (SSSR count). The van der Waals surface area contributed by atoms with E-state index in [1.165, 1.54) is 0 Å². The summed E-state index contributed by atoms with van der Waals surface area (Å²) in [4.78, 5) is 12.9. The number of nitrogens with one attached hydrogen (secondary N) is 1. The number of hydrazone groups is 1. The summed E-state index contributed by atoms with van der Waals surface area (Å²) >= 11 is 6.04.